The van der Waals surface area contributed by atoms with Gasteiger partial charge >= 0.3 is 0 Å². The number of fused-ring (bicyclic) bond motifs is 1. The van der Waals surface area contributed by atoms with E-state index in [2.05, 4.69) is 15.2 Å². The van der Waals surface area contributed by atoms with Gasteiger partial charge in [-0.15, -0.1) is 0 Å². The Morgan fingerprint density at radius 3 is 2.59 bits per heavy atom. The molecule has 2 aliphatic rings. The number of carbonyl (C=O) groups excluding carboxylic acids is 1. The molecular weight excluding hydrogens is 504 g/mol. The molecule has 1 amide bonds. The Morgan fingerprint density at radius 1 is 1.15 bits per heavy atom. The minimum Gasteiger partial charge on any atom is -0.493 e. The second-order valence-corrected chi connectivity index (χ2v) is 9.57. The van der Waals surface area contributed by atoms with Gasteiger partial charge in [0, 0.05) is 37.3 Å². The van der Waals surface area contributed by atoms with Crippen LogP contribution >= 0.6 is 0 Å². The van der Waals surface area contributed by atoms with Crippen molar-refractivity contribution in [2.45, 2.75) is 31.8 Å². The quantitative estimate of drug-likeness (QED) is 0.342. The molecule has 3 aromatic rings. The third-order valence-corrected chi connectivity index (χ3v) is 7.13. The van der Waals surface area contributed by atoms with Crippen molar-refractivity contribution < 1.29 is 24.1 Å². The predicted octanol–water partition coefficient (Wildman–Crippen LogP) is 1.24. The first-order valence-electron chi connectivity index (χ1n) is 12.8. The lowest BCUT2D eigenvalue weighted by atomic mass is 10.0. The molecule has 208 valence electrons. The summed E-state index contributed by atoms with van der Waals surface area (Å²) in [6, 6.07) is 3.67. The summed E-state index contributed by atoms with van der Waals surface area (Å²) in [5, 5.41) is 13.2. The number of primary amides is 1. The van der Waals surface area contributed by atoms with E-state index in [1.54, 1.807) is 27.7 Å². The molecule has 1 fully saturated rings. The highest BCUT2D eigenvalue weighted by Gasteiger charge is 2.31. The van der Waals surface area contributed by atoms with Gasteiger partial charge < -0.3 is 39.8 Å². The number of aliphatic hydroxyl groups excluding tert-OH is 1. The van der Waals surface area contributed by atoms with Crippen molar-refractivity contribution in [3.05, 3.63) is 35.9 Å². The minimum atomic E-state index is -0.372. The van der Waals surface area contributed by atoms with Crippen molar-refractivity contribution >= 4 is 23.5 Å². The van der Waals surface area contributed by atoms with Gasteiger partial charge in [0.1, 0.15) is 12.1 Å². The van der Waals surface area contributed by atoms with Gasteiger partial charge in [0.25, 0.3) is 0 Å². The number of nitrogens with zero attached hydrogens (tertiary/aromatic N) is 6. The van der Waals surface area contributed by atoms with E-state index in [0.717, 1.165) is 42.1 Å². The molecule has 39 heavy (non-hydrogen) atoms. The lowest BCUT2D eigenvalue weighted by molar-refractivity contribution is -0.119. The van der Waals surface area contributed by atoms with E-state index in [0.29, 0.717) is 48.5 Å². The molecule has 0 bridgehead atoms. The number of hydrogen-bond acceptors (Lipinski definition) is 11. The molecule has 0 aliphatic carbocycles. The summed E-state index contributed by atoms with van der Waals surface area (Å²) in [7, 11) is 4.70. The topological polar surface area (TPSA) is 153 Å². The number of imidazole rings is 1. The molecule has 2 aromatic heterocycles. The number of nitrogens with two attached hydrogens (primary N) is 1. The average molecular weight is 539 g/mol. The number of nitrogens with one attached hydrogen (secondary N) is 1. The first-order chi connectivity index (χ1) is 18.9. The van der Waals surface area contributed by atoms with Crippen LogP contribution < -0.4 is 30.2 Å². The summed E-state index contributed by atoms with van der Waals surface area (Å²) in [5.41, 5.74) is 8.10. The number of methoxy groups -OCH3 is 3. The van der Waals surface area contributed by atoms with Crippen molar-refractivity contribution in [3.63, 3.8) is 0 Å². The highest BCUT2D eigenvalue weighted by Crippen LogP contribution is 2.39. The predicted molar refractivity (Wildman–Crippen MR) is 144 cm³/mol. The third kappa shape index (κ3) is 5.40. The molecule has 0 radical (unpaired) electrons. The molecule has 1 saturated heterocycles. The van der Waals surface area contributed by atoms with Gasteiger partial charge in [-0.3, -0.25) is 9.69 Å². The molecule has 13 nitrogen and oxygen atoms in total. The number of aromatic nitrogens is 4. The maximum absolute atomic E-state index is 11.5. The largest absolute Gasteiger partial charge is 0.493 e. The van der Waals surface area contributed by atoms with E-state index in [1.807, 2.05) is 27.8 Å². The third-order valence-electron chi connectivity index (χ3n) is 7.13. The summed E-state index contributed by atoms with van der Waals surface area (Å²) in [4.78, 5) is 29.9. The number of benzene rings is 1. The van der Waals surface area contributed by atoms with Crippen LogP contribution in [-0.2, 0) is 17.8 Å². The molecule has 0 saturated carbocycles. The SMILES string of the molecule is COc1cc(-n2cnc(Nc3nc4c(c(N5CCCC5CO)n3)CCN(CC(N)=O)C4)c2)cc(OC)c1OC. The molecule has 1 unspecified atom stereocenters. The normalized spacial score (nSPS) is 17.1. The molecule has 0 spiro atoms. The fraction of sp³-hybridized carbons (Fsp3) is 0.462. The first kappa shape index (κ1) is 26.5. The molecule has 4 heterocycles. The zero-order chi connectivity index (χ0) is 27.5. The number of amides is 1. The lowest BCUT2D eigenvalue weighted by Gasteiger charge is -2.32. The van der Waals surface area contributed by atoms with Crippen molar-refractivity contribution in [2.24, 2.45) is 5.73 Å². The van der Waals surface area contributed by atoms with Crippen LogP contribution in [0.3, 0.4) is 0 Å². The van der Waals surface area contributed by atoms with E-state index in [4.69, 9.17) is 29.9 Å². The van der Waals surface area contributed by atoms with E-state index in [9.17, 15) is 9.90 Å². The number of aliphatic hydroxyl groups is 1. The summed E-state index contributed by atoms with van der Waals surface area (Å²) in [6.45, 7) is 2.23. The van der Waals surface area contributed by atoms with Crippen molar-refractivity contribution in [1.29, 1.82) is 0 Å². The van der Waals surface area contributed by atoms with Gasteiger partial charge in [0.05, 0.1) is 58.1 Å². The number of ether oxygens (including phenoxy) is 3. The van der Waals surface area contributed by atoms with Gasteiger partial charge in [0.15, 0.2) is 17.3 Å². The van der Waals surface area contributed by atoms with E-state index < -0.39 is 0 Å². The second kappa shape index (κ2) is 11.3. The second-order valence-electron chi connectivity index (χ2n) is 9.57. The van der Waals surface area contributed by atoms with Gasteiger partial charge in [-0.05, 0) is 19.3 Å². The number of rotatable bonds is 10. The van der Waals surface area contributed by atoms with Gasteiger partial charge in [-0.1, -0.05) is 0 Å². The van der Waals surface area contributed by atoms with Gasteiger partial charge in [-0.25, -0.2) is 9.97 Å². The fourth-order valence-corrected chi connectivity index (χ4v) is 5.28. The zero-order valence-electron chi connectivity index (χ0n) is 22.4. The molecule has 2 aliphatic heterocycles. The van der Waals surface area contributed by atoms with E-state index >= 15 is 0 Å². The molecule has 13 heteroatoms. The Hall–Kier alpha value is -4.10. The Labute approximate surface area is 226 Å². The summed E-state index contributed by atoms with van der Waals surface area (Å²) >= 11 is 0. The van der Waals surface area contributed by atoms with Crippen LogP contribution in [0.2, 0.25) is 0 Å². The Balaban J connectivity index is 1.46. The molecule has 1 aromatic carbocycles. The fourth-order valence-electron chi connectivity index (χ4n) is 5.28. The highest BCUT2D eigenvalue weighted by atomic mass is 16.5. The van der Waals surface area contributed by atoms with Crippen LogP contribution in [0.25, 0.3) is 5.69 Å². The van der Waals surface area contributed by atoms with Crippen molar-refractivity contribution in [3.8, 4) is 22.9 Å². The van der Waals surface area contributed by atoms with Crippen molar-refractivity contribution in [2.75, 3.05) is 57.8 Å². The van der Waals surface area contributed by atoms with Crippen LogP contribution in [0, 0.1) is 0 Å². The number of anilines is 3. The first-order valence-corrected chi connectivity index (χ1v) is 12.8. The van der Waals surface area contributed by atoms with Crippen LogP contribution in [0.1, 0.15) is 24.1 Å². The summed E-state index contributed by atoms with van der Waals surface area (Å²) in [5.74, 6) is 2.95. The van der Waals surface area contributed by atoms with Crippen LogP contribution in [0.5, 0.6) is 17.2 Å². The molecule has 1 atom stereocenters. The van der Waals surface area contributed by atoms with Crippen molar-refractivity contribution in [1.82, 2.24) is 24.4 Å². The number of hydrogen-bond donors (Lipinski definition) is 3. The van der Waals surface area contributed by atoms with Crippen LogP contribution in [0.4, 0.5) is 17.6 Å². The molecule has 4 N–H and O–H groups in total. The molecule has 5 rings (SSSR count). The Bertz CT molecular complexity index is 1320. The van der Waals surface area contributed by atoms with E-state index in [-0.39, 0.29) is 25.1 Å². The zero-order valence-corrected chi connectivity index (χ0v) is 22.4. The van der Waals surface area contributed by atoms with Crippen LogP contribution in [0.15, 0.2) is 24.7 Å². The Kier molecular flexibility index (Phi) is 7.70. The maximum atomic E-state index is 11.5. The van der Waals surface area contributed by atoms with E-state index in [1.165, 1.54) is 0 Å². The summed E-state index contributed by atoms with van der Waals surface area (Å²) in [6.07, 6.45) is 6.07. The lowest BCUT2D eigenvalue weighted by Crippen LogP contribution is -2.40. The van der Waals surface area contributed by atoms with Gasteiger partial charge in [-0.2, -0.15) is 4.98 Å². The van der Waals surface area contributed by atoms with Crippen LogP contribution in [-0.4, -0.2) is 89.0 Å². The highest BCUT2D eigenvalue weighted by molar-refractivity contribution is 5.76. The minimum absolute atomic E-state index is 0.0136. The van der Waals surface area contributed by atoms with Gasteiger partial charge in [0.2, 0.25) is 17.6 Å². The molecular formula is C26H34N8O5. The smallest absolute Gasteiger partial charge is 0.231 e. The standard InChI is InChI=1S/C26H34N8O5/c1-37-20-9-17(10-21(38-2)24(20)39-3)33-13-23(28-15-33)30-26-29-19-11-32(12-22(27)36)8-6-18(19)25(31-26)34-7-4-5-16(34)14-35/h9-10,13,15-16,35H,4-8,11-12,14H2,1-3H3,(H2,27,36)(H,29,30,31). The maximum Gasteiger partial charge on any atom is 0.231 e. The number of carbonyl (C=O) groups is 1. The average Bonchev–Trinajstić information content (AvgIpc) is 3.61. The summed E-state index contributed by atoms with van der Waals surface area (Å²) < 4.78 is 18.2. The monoisotopic (exact) mass is 538 g/mol. The Morgan fingerprint density at radius 2 is 1.92 bits per heavy atom.